The number of rotatable bonds is 5. The Hall–Kier alpha value is -2.86. The van der Waals surface area contributed by atoms with Crippen molar-refractivity contribution in [3.63, 3.8) is 0 Å². The Morgan fingerprint density at radius 1 is 1.21 bits per heavy atom. The first-order valence-electron chi connectivity index (χ1n) is 7.35. The molecule has 0 fully saturated rings. The van der Waals surface area contributed by atoms with E-state index in [1.165, 1.54) is 23.0 Å². The van der Waals surface area contributed by atoms with E-state index < -0.39 is 0 Å². The zero-order chi connectivity index (χ0) is 16.9. The van der Waals surface area contributed by atoms with Crippen LogP contribution in [0.4, 0.5) is 5.13 Å². The molecule has 1 amide bonds. The Balaban J connectivity index is 1.59. The fourth-order valence-corrected chi connectivity index (χ4v) is 2.80. The SMILES string of the molecule is Cc1ccc(-c2csc(NC(=O)COc3ccccc3O)n2)cc1. The summed E-state index contributed by atoms with van der Waals surface area (Å²) in [4.78, 5) is 16.3. The molecule has 24 heavy (non-hydrogen) atoms. The third kappa shape index (κ3) is 3.91. The fourth-order valence-electron chi connectivity index (χ4n) is 2.07. The summed E-state index contributed by atoms with van der Waals surface area (Å²) in [6, 6.07) is 14.5. The molecule has 0 aliphatic rings. The molecule has 2 aromatic carbocycles. The summed E-state index contributed by atoms with van der Waals surface area (Å²) >= 11 is 1.35. The number of anilines is 1. The van der Waals surface area contributed by atoms with Crippen molar-refractivity contribution >= 4 is 22.4 Å². The van der Waals surface area contributed by atoms with Crippen molar-refractivity contribution in [2.75, 3.05) is 11.9 Å². The molecule has 0 bridgehead atoms. The highest BCUT2D eigenvalue weighted by atomic mass is 32.1. The summed E-state index contributed by atoms with van der Waals surface area (Å²) in [5.41, 5.74) is 3.00. The van der Waals surface area contributed by atoms with Gasteiger partial charge in [-0.15, -0.1) is 11.3 Å². The highest BCUT2D eigenvalue weighted by Gasteiger charge is 2.10. The van der Waals surface area contributed by atoms with Crippen molar-refractivity contribution in [2.24, 2.45) is 0 Å². The zero-order valence-corrected chi connectivity index (χ0v) is 13.8. The number of aryl methyl sites for hydroxylation is 1. The molecular weight excluding hydrogens is 324 g/mol. The average Bonchev–Trinajstić information content (AvgIpc) is 3.03. The molecule has 5 nitrogen and oxygen atoms in total. The number of carbonyl (C=O) groups excluding carboxylic acids is 1. The monoisotopic (exact) mass is 340 g/mol. The van der Waals surface area contributed by atoms with Crippen LogP contribution in [0.25, 0.3) is 11.3 Å². The van der Waals surface area contributed by atoms with Gasteiger partial charge in [0, 0.05) is 10.9 Å². The van der Waals surface area contributed by atoms with Gasteiger partial charge in [-0.05, 0) is 19.1 Å². The van der Waals surface area contributed by atoms with E-state index in [4.69, 9.17) is 4.74 Å². The molecule has 0 aliphatic heterocycles. The van der Waals surface area contributed by atoms with Gasteiger partial charge in [0.05, 0.1) is 5.69 Å². The van der Waals surface area contributed by atoms with E-state index in [1.54, 1.807) is 18.2 Å². The summed E-state index contributed by atoms with van der Waals surface area (Å²) in [7, 11) is 0. The second kappa shape index (κ2) is 7.14. The van der Waals surface area contributed by atoms with E-state index in [0.29, 0.717) is 5.13 Å². The Bertz CT molecular complexity index is 843. The number of hydrogen-bond acceptors (Lipinski definition) is 5. The van der Waals surface area contributed by atoms with Crippen LogP contribution >= 0.6 is 11.3 Å². The van der Waals surface area contributed by atoms with E-state index in [0.717, 1.165) is 11.3 Å². The highest BCUT2D eigenvalue weighted by Crippen LogP contribution is 2.26. The first kappa shape index (κ1) is 16.0. The molecule has 0 saturated heterocycles. The van der Waals surface area contributed by atoms with Crippen molar-refractivity contribution in [1.82, 2.24) is 4.98 Å². The number of aromatic hydroxyl groups is 1. The molecule has 0 atom stereocenters. The van der Waals surface area contributed by atoms with Crippen LogP contribution < -0.4 is 10.1 Å². The number of amides is 1. The summed E-state index contributed by atoms with van der Waals surface area (Å²) in [5, 5.41) is 14.7. The van der Waals surface area contributed by atoms with Crippen molar-refractivity contribution in [3.8, 4) is 22.8 Å². The van der Waals surface area contributed by atoms with Crippen LogP contribution in [0.1, 0.15) is 5.56 Å². The van der Waals surface area contributed by atoms with Crippen LogP contribution in [0.15, 0.2) is 53.9 Å². The summed E-state index contributed by atoms with van der Waals surface area (Å²) < 4.78 is 5.29. The second-order valence-corrected chi connectivity index (χ2v) is 6.07. The van der Waals surface area contributed by atoms with Gasteiger partial charge in [-0.25, -0.2) is 4.98 Å². The van der Waals surface area contributed by atoms with Crippen LogP contribution in [0.2, 0.25) is 0 Å². The molecule has 122 valence electrons. The van der Waals surface area contributed by atoms with Gasteiger partial charge < -0.3 is 9.84 Å². The van der Waals surface area contributed by atoms with Crippen LogP contribution in [-0.4, -0.2) is 22.6 Å². The third-order valence-corrected chi connectivity index (χ3v) is 4.08. The topological polar surface area (TPSA) is 71.5 Å². The van der Waals surface area contributed by atoms with E-state index in [-0.39, 0.29) is 24.0 Å². The Morgan fingerprint density at radius 3 is 2.71 bits per heavy atom. The lowest BCUT2D eigenvalue weighted by molar-refractivity contribution is -0.118. The molecule has 0 unspecified atom stereocenters. The number of benzene rings is 2. The van der Waals surface area contributed by atoms with Gasteiger partial charge in [0.25, 0.3) is 5.91 Å². The van der Waals surface area contributed by atoms with E-state index in [9.17, 15) is 9.90 Å². The maximum Gasteiger partial charge on any atom is 0.264 e. The smallest absolute Gasteiger partial charge is 0.264 e. The quantitative estimate of drug-likeness (QED) is 0.740. The number of nitrogens with one attached hydrogen (secondary N) is 1. The number of phenolic OH excluding ortho intramolecular Hbond substituents is 1. The lowest BCUT2D eigenvalue weighted by atomic mass is 10.1. The zero-order valence-electron chi connectivity index (χ0n) is 13.0. The third-order valence-electron chi connectivity index (χ3n) is 3.32. The van der Waals surface area contributed by atoms with Crippen LogP contribution in [0, 0.1) is 6.92 Å². The van der Waals surface area contributed by atoms with Gasteiger partial charge in [-0.2, -0.15) is 0 Å². The van der Waals surface area contributed by atoms with Gasteiger partial charge >= 0.3 is 0 Å². The molecule has 1 heterocycles. The van der Waals surface area contributed by atoms with Gasteiger partial charge in [-0.3, -0.25) is 10.1 Å². The van der Waals surface area contributed by atoms with Gasteiger partial charge in [-0.1, -0.05) is 42.0 Å². The molecule has 2 N–H and O–H groups in total. The number of ether oxygens (including phenoxy) is 1. The van der Waals surface area contributed by atoms with Gasteiger partial charge in [0.15, 0.2) is 23.2 Å². The molecule has 3 aromatic rings. The number of nitrogens with zero attached hydrogens (tertiary/aromatic N) is 1. The van der Waals surface area contributed by atoms with Crippen LogP contribution in [0.5, 0.6) is 11.5 Å². The van der Waals surface area contributed by atoms with Crippen LogP contribution in [-0.2, 0) is 4.79 Å². The minimum atomic E-state index is -0.331. The number of para-hydroxylation sites is 2. The normalized spacial score (nSPS) is 10.4. The average molecular weight is 340 g/mol. The number of carbonyl (C=O) groups is 1. The lowest BCUT2D eigenvalue weighted by Gasteiger charge is -2.07. The van der Waals surface area contributed by atoms with Crippen LogP contribution in [0.3, 0.4) is 0 Å². The predicted octanol–water partition coefficient (Wildman–Crippen LogP) is 3.84. The standard InChI is InChI=1S/C18H16N2O3S/c1-12-6-8-13(9-7-12)14-11-24-18(19-14)20-17(22)10-23-16-5-3-2-4-15(16)21/h2-9,11,21H,10H2,1H3,(H,19,20,22). The van der Waals surface area contributed by atoms with Gasteiger partial charge in [0.2, 0.25) is 0 Å². The lowest BCUT2D eigenvalue weighted by Crippen LogP contribution is -2.20. The molecular formula is C18H16N2O3S. The van der Waals surface area contributed by atoms with Crippen molar-refractivity contribution < 1.29 is 14.6 Å². The molecule has 0 saturated carbocycles. The van der Waals surface area contributed by atoms with E-state index in [2.05, 4.69) is 10.3 Å². The first-order valence-corrected chi connectivity index (χ1v) is 8.23. The van der Waals surface area contributed by atoms with Gasteiger partial charge in [0.1, 0.15) is 0 Å². The maximum absolute atomic E-state index is 11.9. The fraction of sp³-hybridized carbons (Fsp3) is 0.111. The van der Waals surface area contributed by atoms with E-state index >= 15 is 0 Å². The number of phenols is 1. The number of thiazole rings is 1. The summed E-state index contributed by atoms with van der Waals surface area (Å²) in [6.45, 7) is 1.83. The molecule has 0 radical (unpaired) electrons. The largest absolute Gasteiger partial charge is 0.504 e. The molecule has 1 aromatic heterocycles. The molecule has 3 rings (SSSR count). The Labute approximate surface area is 143 Å². The van der Waals surface area contributed by atoms with E-state index in [1.807, 2.05) is 36.6 Å². The first-order chi connectivity index (χ1) is 11.6. The van der Waals surface area contributed by atoms with Crippen molar-refractivity contribution in [1.29, 1.82) is 0 Å². The molecule has 6 heteroatoms. The van der Waals surface area contributed by atoms with Crippen molar-refractivity contribution in [2.45, 2.75) is 6.92 Å². The number of hydrogen-bond donors (Lipinski definition) is 2. The summed E-state index contributed by atoms with van der Waals surface area (Å²) in [6.07, 6.45) is 0. The second-order valence-electron chi connectivity index (χ2n) is 5.21. The van der Waals surface area contributed by atoms with Crippen molar-refractivity contribution in [3.05, 3.63) is 59.5 Å². The minimum Gasteiger partial charge on any atom is -0.504 e. The maximum atomic E-state index is 11.9. The summed E-state index contributed by atoms with van der Waals surface area (Å²) in [5.74, 6) is -0.0589. The predicted molar refractivity (Wildman–Crippen MR) is 94.5 cm³/mol. The minimum absolute atomic E-state index is 0.00112. The number of aromatic nitrogens is 1. The Morgan fingerprint density at radius 2 is 1.96 bits per heavy atom. The highest BCUT2D eigenvalue weighted by molar-refractivity contribution is 7.14. The molecule has 0 spiro atoms. The Kier molecular flexibility index (Phi) is 4.77. The molecule has 0 aliphatic carbocycles.